The number of non-ortho nitro benzene ring substituents is 1. The van der Waals surface area contributed by atoms with Gasteiger partial charge in [-0.1, -0.05) is 42.5 Å². The van der Waals surface area contributed by atoms with Gasteiger partial charge in [-0.15, -0.1) is 0 Å². The van der Waals surface area contributed by atoms with Crippen LogP contribution in [-0.4, -0.2) is 31.5 Å². The molecule has 10 nitrogen and oxygen atoms in total. The van der Waals surface area contributed by atoms with Crippen LogP contribution in [0.3, 0.4) is 0 Å². The van der Waals surface area contributed by atoms with Crippen LogP contribution in [0.4, 0.5) is 14.9 Å². The average Bonchev–Trinajstić information content (AvgIpc) is 3.37. The van der Waals surface area contributed by atoms with E-state index in [0.29, 0.717) is 22.5 Å². The van der Waals surface area contributed by atoms with Gasteiger partial charge in [-0.05, 0) is 35.9 Å². The summed E-state index contributed by atoms with van der Waals surface area (Å²) in [5, 5.41) is 16.5. The molecule has 2 heterocycles. The van der Waals surface area contributed by atoms with E-state index in [4.69, 9.17) is 0 Å². The fourth-order valence-corrected chi connectivity index (χ4v) is 3.95. The molecule has 0 aliphatic carbocycles. The van der Waals surface area contributed by atoms with Crippen LogP contribution < -0.4 is 10.9 Å². The second-order valence-electron chi connectivity index (χ2n) is 8.19. The van der Waals surface area contributed by atoms with Crippen LogP contribution >= 0.6 is 0 Å². The number of halogens is 1. The third-order valence-corrected chi connectivity index (χ3v) is 5.81. The standard InChI is InChI=1S/C26H18FN5O5/c27-18-8-6-16(7-9-18)15-30-25(34)22(28-26(30)35)14-21-23(17-4-2-1-3-5-17)29-31(24(21)33)19-10-12-20(13-11-19)32(36)37/h1-14,29H,15H2,(H,28,35). The summed E-state index contributed by atoms with van der Waals surface area (Å²) >= 11 is 0. The van der Waals surface area contributed by atoms with Gasteiger partial charge in [0.15, 0.2) is 0 Å². The lowest BCUT2D eigenvalue weighted by Crippen LogP contribution is -2.30. The Bertz CT molecular complexity index is 1610. The maximum absolute atomic E-state index is 13.4. The van der Waals surface area contributed by atoms with Gasteiger partial charge < -0.3 is 5.32 Å². The van der Waals surface area contributed by atoms with Crippen molar-refractivity contribution in [2.75, 3.05) is 0 Å². The number of aromatic nitrogens is 2. The molecule has 4 aromatic rings. The Balaban J connectivity index is 1.55. The number of nitro groups is 1. The van der Waals surface area contributed by atoms with Gasteiger partial charge in [-0.3, -0.25) is 29.7 Å². The molecule has 3 aromatic carbocycles. The number of aromatic amines is 1. The summed E-state index contributed by atoms with van der Waals surface area (Å²) in [4.78, 5) is 50.5. The van der Waals surface area contributed by atoms with Gasteiger partial charge in [0.1, 0.15) is 11.5 Å². The molecule has 0 bridgehead atoms. The van der Waals surface area contributed by atoms with Crippen LogP contribution in [0.25, 0.3) is 23.0 Å². The first-order valence-corrected chi connectivity index (χ1v) is 11.1. The maximum Gasteiger partial charge on any atom is 0.329 e. The van der Waals surface area contributed by atoms with E-state index in [-0.39, 0.29) is 23.5 Å². The summed E-state index contributed by atoms with van der Waals surface area (Å²) in [6.07, 6.45) is 1.30. The van der Waals surface area contributed by atoms with Crippen LogP contribution in [0, 0.1) is 15.9 Å². The number of nitrogens with one attached hydrogen (secondary N) is 2. The Morgan fingerprint density at radius 3 is 2.24 bits per heavy atom. The first-order chi connectivity index (χ1) is 17.8. The molecule has 11 heteroatoms. The molecule has 0 atom stereocenters. The smallest absolute Gasteiger partial charge is 0.303 e. The van der Waals surface area contributed by atoms with Gasteiger partial charge in [0.05, 0.1) is 28.4 Å². The number of carbonyl (C=O) groups excluding carboxylic acids is 2. The molecule has 0 radical (unpaired) electrons. The monoisotopic (exact) mass is 499 g/mol. The predicted molar refractivity (Wildman–Crippen MR) is 132 cm³/mol. The zero-order valence-electron chi connectivity index (χ0n) is 19.1. The third-order valence-electron chi connectivity index (χ3n) is 5.81. The lowest BCUT2D eigenvalue weighted by Gasteiger charge is -2.11. The summed E-state index contributed by atoms with van der Waals surface area (Å²) < 4.78 is 14.4. The number of imide groups is 1. The lowest BCUT2D eigenvalue weighted by molar-refractivity contribution is -0.384. The van der Waals surface area contributed by atoms with E-state index in [2.05, 4.69) is 10.4 Å². The number of carbonyl (C=O) groups is 2. The van der Waals surface area contributed by atoms with E-state index in [1.165, 1.54) is 59.3 Å². The van der Waals surface area contributed by atoms with Crippen LogP contribution in [-0.2, 0) is 11.3 Å². The highest BCUT2D eigenvalue weighted by molar-refractivity contribution is 6.14. The van der Waals surface area contributed by atoms with Gasteiger partial charge in [0.2, 0.25) is 0 Å². The topological polar surface area (TPSA) is 130 Å². The fourth-order valence-electron chi connectivity index (χ4n) is 3.95. The third kappa shape index (κ3) is 4.52. The molecule has 3 amide bonds. The van der Waals surface area contributed by atoms with Crippen molar-refractivity contribution in [1.82, 2.24) is 20.0 Å². The number of hydrogen-bond donors (Lipinski definition) is 2. The van der Waals surface area contributed by atoms with Crippen LogP contribution in [0.1, 0.15) is 11.1 Å². The van der Waals surface area contributed by atoms with Gasteiger partial charge in [0.25, 0.3) is 17.2 Å². The van der Waals surface area contributed by atoms with E-state index in [9.17, 15) is 28.9 Å². The molecule has 1 fully saturated rings. The SMILES string of the molecule is O=C1NC(=Cc2c(-c3ccccc3)[nH]n(-c3ccc([N+](=O)[O-])cc3)c2=O)C(=O)N1Cc1ccc(F)cc1. The van der Waals surface area contributed by atoms with Crippen LogP contribution in [0.2, 0.25) is 0 Å². The van der Waals surface area contributed by atoms with E-state index in [0.717, 1.165) is 4.90 Å². The van der Waals surface area contributed by atoms with Crippen molar-refractivity contribution in [2.24, 2.45) is 0 Å². The van der Waals surface area contributed by atoms with Crippen molar-refractivity contribution >= 4 is 23.7 Å². The molecule has 1 aromatic heterocycles. The number of nitrogens with zero attached hydrogens (tertiary/aromatic N) is 3. The zero-order chi connectivity index (χ0) is 26.1. The summed E-state index contributed by atoms with van der Waals surface area (Å²) in [6.45, 7) is -0.0754. The minimum atomic E-state index is -0.673. The first-order valence-electron chi connectivity index (χ1n) is 11.1. The van der Waals surface area contributed by atoms with Gasteiger partial charge in [0, 0.05) is 17.7 Å². The van der Waals surface area contributed by atoms with E-state index < -0.39 is 28.2 Å². The van der Waals surface area contributed by atoms with Crippen molar-refractivity contribution in [3.63, 3.8) is 0 Å². The molecule has 2 N–H and O–H groups in total. The number of hydrogen-bond acceptors (Lipinski definition) is 5. The van der Waals surface area contributed by atoms with Crippen molar-refractivity contribution in [2.45, 2.75) is 6.54 Å². The lowest BCUT2D eigenvalue weighted by atomic mass is 10.1. The number of benzene rings is 3. The Hall–Kier alpha value is -5.32. The summed E-state index contributed by atoms with van der Waals surface area (Å²) in [7, 11) is 0. The number of amides is 3. The molecule has 184 valence electrons. The first kappa shape index (κ1) is 23.4. The number of rotatable bonds is 6. The fraction of sp³-hybridized carbons (Fsp3) is 0.0385. The molecular weight excluding hydrogens is 481 g/mol. The molecule has 1 aliphatic rings. The minimum Gasteiger partial charge on any atom is -0.303 e. The predicted octanol–water partition coefficient (Wildman–Crippen LogP) is 3.97. The Labute approximate surface area is 208 Å². The summed E-state index contributed by atoms with van der Waals surface area (Å²) in [5.74, 6) is -1.08. The van der Waals surface area contributed by atoms with Crippen molar-refractivity contribution in [3.8, 4) is 16.9 Å². The van der Waals surface area contributed by atoms with Gasteiger partial charge >= 0.3 is 6.03 Å². The highest BCUT2D eigenvalue weighted by atomic mass is 19.1. The Morgan fingerprint density at radius 1 is 0.919 bits per heavy atom. The van der Waals surface area contributed by atoms with Crippen molar-refractivity contribution < 1.29 is 18.9 Å². The summed E-state index contributed by atoms with van der Waals surface area (Å²) in [5.41, 5.74) is 1.28. The molecule has 0 saturated carbocycles. The van der Waals surface area contributed by atoms with Crippen molar-refractivity contribution in [1.29, 1.82) is 0 Å². The average molecular weight is 499 g/mol. The summed E-state index contributed by atoms with van der Waals surface area (Å²) in [6, 6.07) is 19.0. The molecular formula is C26H18FN5O5. The Kier molecular flexibility index (Phi) is 5.94. The second-order valence-corrected chi connectivity index (χ2v) is 8.19. The van der Waals surface area contributed by atoms with Crippen LogP contribution in [0.15, 0.2) is 89.4 Å². The quantitative estimate of drug-likeness (QED) is 0.179. The Morgan fingerprint density at radius 2 is 1.59 bits per heavy atom. The highest BCUT2D eigenvalue weighted by Gasteiger charge is 2.34. The number of H-pyrrole nitrogens is 1. The van der Waals surface area contributed by atoms with Crippen molar-refractivity contribution in [3.05, 3.63) is 122 Å². The van der Waals surface area contributed by atoms with E-state index >= 15 is 0 Å². The van der Waals surface area contributed by atoms with Gasteiger partial charge in [-0.2, -0.15) is 0 Å². The van der Waals surface area contributed by atoms with E-state index in [1.54, 1.807) is 30.3 Å². The minimum absolute atomic E-state index is 0.0754. The largest absolute Gasteiger partial charge is 0.329 e. The molecule has 0 spiro atoms. The normalized spacial score (nSPS) is 14.3. The molecule has 0 unspecified atom stereocenters. The number of urea groups is 1. The second kappa shape index (κ2) is 9.38. The maximum atomic E-state index is 13.4. The zero-order valence-corrected chi connectivity index (χ0v) is 19.1. The molecule has 37 heavy (non-hydrogen) atoms. The molecule has 5 rings (SSSR count). The van der Waals surface area contributed by atoms with Gasteiger partial charge in [-0.25, -0.2) is 13.9 Å². The van der Waals surface area contributed by atoms with Crippen LogP contribution in [0.5, 0.6) is 0 Å². The number of nitro benzene ring substituents is 1. The molecule has 1 saturated heterocycles. The molecule has 1 aliphatic heterocycles. The highest BCUT2D eigenvalue weighted by Crippen LogP contribution is 2.25. The van der Waals surface area contributed by atoms with E-state index in [1.807, 2.05) is 0 Å².